The van der Waals surface area contributed by atoms with Crippen LogP contribution in [0.5, 0.6) is 5.75 Å². The molecule has 0 radical (unpaired) electrons. The van der Waals surface area contributed by atoms with E-state index in [0.29, 0.717) is 6.07 Å². The van der Waals surface area contributed by atoms with Gasteiger partial charge in [-0.2, -0.15) is 0 Å². The van der Waals surface area contributed by atoms with Crippen LogP contribution in [-0.2, 0) is 29.9 Å². The van der Waals surface area contributed by atoms with Crippen molar-refractivity contribution in [2.45, 2.75) is 44.7 Å². The first kappa shape index (κ1) is 43.4. The molecule has 2 unspecified atom stereocenters. The molecule has 5 atom stereocenters. The van der Waals surface area contributed by atoms with Crippen molar-refractivity contribution in [3.05, 3.63) is 77.1 Å². The van der Waals surface area contributed by atoms with Gasteiger partial charge in [-0.25, -0.2) is 22.9 Å². The lowest BCUT2D eigenvalue weighted by Crippen LogP contribution is -2.53. The first-order valence-corrected chi connectivity index (χ1v) is 21.3. The predicted molar refractivity (Wildman–Crippen MR) is 199 cm³/mol. The summed E-state index contributed by atoms with van der Waals surface area (Å²) in [4.78, 5) is 111. The van der Waals surface area contributed by atoms with Crippen molar-refractivity contribution in [3.8, 4) is 5.75 Å². The van der Waals surface area contributed by atoms with Crippen molar-refractivity contribution in [2.75, 3.05) is 29.4 Å². The molecule has 0 spiro atoms. The minimum absolute atomic E-state index is 0.0344. The number of hydrogen-bond acceptors (Lipinski definition) is 11. The zero-order chi connectivity index (χ0) is 43.5. The number of amides is 3. The summed E-state index contributed by atoms with van der Waals surface area (Å²) in [5.41, 5.74) is -0.647. The number of aromatic nitrogens is 1. The number of fused-ring (bicyclic) bond motifs is 2. The molecule has 6 N–H and O–H groups in total. The van der Waals surface area contributed by atoms with Crippen molar-refractivity contribution < 1.29 is 75.7 Å². The minimum Gasteiger partial charge on any atom is -0.481 e. The molecule has 3 amide bonds. The Bertz CT molecular complexity index is 2290. The summed E-state index contributed by atoms with van der Waals surface area (Å²) in [6.45, 7) is 3.94. The molecule has 2 fully saturated rings. The number of piperidine rings is 1. The number of ether oxygens (including phenoxy) is 1. The summed E-state index contributed by atoms with van der Waals surface area (Å²) in [5.74, 6) is -10.8. The lowest BCUT2D eigenvalue weighted by Gasteiger charge is -2.34. The van der Waals surface area contributed by atoms with E-state index in [2.05, 4.69) is 10.3 Å². The number of rotatable bonds is 12. The van der Waals surface area contributed by atoms with Crippen LogP contribution < -0.4 is 19.9 Å². The van der Waals surface area contributed by atoms with E-state index in [4.69, 9.17) is 4.74 Å². The van der Waals surface area contributed by atoms with Crippen molar-refractivity contribution >= 4 is 62.2 Å². The zero-order valence-electron chi connectivity index (χ0n) is 31.3. The molecule has 1 saturated carbocycles. The summed E-state index contributed by atoms with van der Waals surface area (Å²) in [7, 11) is -10.5. The lowest BCUT2D eigenvalue weighted by atomic mass is 9.92. The van der Waals surface area contributed by atoms with Crippen LogP contribution in [0.2, 0.25) is 0 Å². The summed E-state index contributed by atoms with van der Waals surface area (Å²) < 4.78 is 73.7. The molecule has 3 heterocycles. The number of hydrogen-bond donors (Lipinski definition) is 6. The number of carbonyl (C=O) groups is 5. The van der Waals surface area contributed by atoms with Gasteiger partial charge in [0.15, 0.2) is 22.8 Å². The van der Waals surface area contributed by atoms with Crippen molar-refractivity contribution in [3.63, 3.8) is 0 Å². The number of pyridine rings is 1. The van der Waals surface area contributed by atoms with Crippen LogP contribution in [0.25, 0.3) is 0 Å². The Kier molecular flexibility index (Phi) is 11.9. The topological polar surface area (TPSA) is 265 Å². The molecule has 23 heteroatoms. The van der Waals surface area contributed by atoms with Crippen LogP contribution in [0.15, 0.2) is 48.5 Å². The smallest absolute Gasteiger partial charge is 0.416 e. The van der Waals surface area contributed by atoms with Gasteiger partial charge in [-0.05, 0) is 49.2 Å². The van der Waals surface area contributed by atoms with Gasteiger partial charge in [-0.15, -0.1) is 0 Å². The highest BCUT2D eigenvalue weighted by Gasteiger charge is 2.62. The number of anilines is 3. The fraction of sp³-hybridized carbons (Fsp3) is 0.389. The Morgan fingerprint density at radius 2 is 1.49 bits per heavy atom. The number of nitrogens with one attached hydrogen (secondary N) is 1. The largest absolute Gasteiger partial charge is 0.481 e. The van der Waals surface area contributed by atoms with Gasteiger partial charge in [-0.3, -0.25) is 38.5 Å². The monoisotopic (exact) mass is 867 g/mol. The molecule has 316 valence electrons. The van der Waals surface area contributed by atoms with Gasteiger partial charge in [0, 0.05) is 49.5 Å². The zero-order valence-corrected chi connectivity index (χ0v) is 33.1. The molecule has 1 aromatic heterocycles. The van der Waals surface area contributed by atoms with Crippen LogP contribution in [-0.4, -0.2) is 101 Å². The fourth-order valence-corrected chi connectivity index (χ4v) is 9.79. The highest BCUT2D eigenvalue weighted by Crippen LogP contribution is 2.61. The van der Waals surface area contributed by atoms with Gasteiger partial charge in [-0.1, -0.05) is 26.0 Å². The van der Waals surface area contributed by atoms with Crippen molar-refractivity contribution in [1.29, 1.82) is 0 Å². The van der Waals surface area contributed by atoms with Gasteiger partial charge in [0.25, 0.3) is 0 Å². The Morgan fingerprint density at radius 3 is 2.03 bits per heavy atom. The van der Waals surface area contributed by atoms with E-state index in [1.807, 2.05) is 0 Å². The fourth-order valence-electron chi connectivity index (χ4n) is 7.33. The SMILES string of the molecule is CC(C)C(=O)NC(=O)[C@H](C)N(C(=O)Oc1ccc(CC(P(=O)(O)O)P(=O)(O)O)cc1)C1[C@H]2CN(c3nc4c(cc3F)C(=O)C(C(=O)O)CN4c3ccc(F)cc3F)C[C@@H]12. The second kappa shape index (κ2) is 16.1. The van der Waals surface area contributed by atoms with E-state index in [0.717, 1.165) is 28.0 Å². The summed E-state index contributed by atoms with van der Waals surface area (Å²) in [6, 6.07) is 6.19. The average molecular weight is 868 g/mol. The number of carbonyl (C=O) groups excluding carboxylic acids is 4. The van der Waals surface area contributed by atoms with Crippen LogP contribution >= 0.6 is 15.2 Å². The standard InChI is InChI=1S/C36H38F3N5O13P2/c1-16(2)33(46)41-34(47)17(3)44(36(50)57-20-7-4-18(5-8-20)10-28(58(51,52)53)59(54,55)56)29-22-13-42(14-23(22)29)32-26(39)12-21-30(45)24(35(48)49)15-43(31(21)40-32)27-9-6-19(37)11-25(27)38/h4-9,11-12,16-17,22-24,28-29H,10,13-15H2,1-3H3,(H,48,49)(H,41,46,47)(H2,51,52,53)(H2,54,55,56)/t17-,22-,23+,24?,29?/m0/s1. The molecule has 2 aromatic carbocycles. The van der Waals surface area contributed by atoms with Gasteiger partial charge < -0.3 is 39.2 Å². The molecular weight excluding hydrogens is 829 g/mol. The molecule has 3 aromatic rings. The van der Waals surface area contributed by atoms with E-state index in [9.17, 15) is 62.2 Å². The van der Waals surface area contributed by atoms with Crippen LogP contribution in [0.3, 0.4) is 0 Å². The van der Waals surface area contributed by atoms with Gasteiger partial charge in [0.1, 0.15) is 35.2 Å². The van der Waals surface area contributed by atoms with Crippen LogP contribution in [0.1, 0.15) is 36.7 Å². The Hall–Kier alpha value is -5.17. The molecule has 6 rings (SSSR count). The van der Waals surface area contributed by atoms with Crippen LogP contribution in [0.4, 0.5) is 35.3 Å². The number of halogens is 3. The van der Waals surface area contributed by atoms with Gasteiger partial charge in [0.05, 0.1) is 11.3 Å². The first-order chi connectivity index (χ1) is 27.5. The van der Waals surface area contributed by atoms with E-state index < -0.39 is 122 Å². The quantitative estimate of drug-likeness (QED) is 0.113. The number of aliphatic carboxylic acids is 1. The molecule has 1 saturated heterocycles. The third kappa shape index (κ3) is 8.90. The normalized spacial score (nSPS) is 20.6. The van der Waals surface area contributed by atoms with Crippen molar-refractivity contribution in [2.24, 2.45) is 23.7 Å². The lowest BCUT2D eigenvalue weighted by molar-refractivity contribution is -0.140. The number of carboxylic acid groups (broad SMARTS) is 1. The molecular formula is C36H38F3N5O13P2. The molecule has 59 heavy (non-hydrogen) atoms. The first-order valence-electron chi connectivity index (χ1n) is 18.0. The third-order valence-corrected chi connectivity index (χ3v) is 14.2. The number of nitrogens with zero attached hydrogens (tertiary/aromatic N) is 4. The molecule has 2 aliphatic heterocycles. The molecule has 3 aliphatic rings. The highest BCUT2D eigenvalue weighted by atomic mass is 31.2. The average Bonchev–Trinajstić information content (AvgIpc) is 3.59. The number of carboxylic acids is 1. The molecule has 18 nitrogen and oxygen atoms in total. The second-order valence-electron chi connectivity index (χ2n) is 14.8. The van der Waals surface area contributed by atoms with Gasteiger partial charge in [0.2, 0.25) is 11.8 Å². The second-order valence-corrected chi connectivity index (χ2v) is 18.8. The maximum Gasteiger partial charge on any atom is 0.416 e. The van der Waals surface area contributed by atoms with E-state index in [-0.39, 0.29) is 41.7 Å². The maximum absolute atomic E-state index is 15.8. The number of benzene rings is 2. The summed E-state index contributed by atoms with van der Waals surface area (Å²) in [5, 5.41) is 9.65. The van der Waals surface area contributed by atoms with Crippen LogP contribution in [0, 0.1) is 41.1 Å². The highest BCUT2D eigenvalue weighted by molar-refractivity contribution is 7.70. The Balaban J connectivity index is 1.24. The number of ketones is 1. The summed E-state index contributed by atoms with van der Waals surface area (Å²) in [6.07, 6.45) is -1.76. The third-order valence-electron chi connectivity index (χ3n) is 10.5. The molecule has 1 aliphatic carbocycles. The maximum atomic E-state index is 15.8. The Labute approximate surface area is 333 Å². The van der Waals surface area contributed by atoms with E-state index in [1.165, 1.54) is 36.1 Å². The molecule has 0 bridgehead atoms. The van der Waals surface area contributed by atoms with E-state index >= 15 is 8.78 Å². The number of Topliss-reactive ketones (excluding diaryl/α,β-unsaturated/α-hetero) is 1. The Morgan fingerprint density at radius 1 is 0.881 bits per heavy atom. The summed E-state index contributed by atoms with van der Waals surface area (Å²) >= 11 is 0. The number of imide groups is 1. The van der Waals surface area contributed by atoms with Gasteiger partial charge >= 0.3 is 27.3 Å². The van der Waals surface area contributed by atoms with Crippen molar-refractivity contribution in [1.82, 2.24) is 15.2 Å². The minimum atomic E-state index is -5.23. The van der Waals surface area contributed by atoms with E-state index in [1.54, 1.807) is 13.8 Å². The predicted octanol–water partition coefficient (Wildman–Crippen LogP) is 3.38.